The summed E-state index contributed by atoms with van der Waals surface area (Å²) in [5.41, 5.74) is 2.81. The van der Waals surface area contributed by atoms with Crippen molar-refractivity contribution < 1.29 is 0 Å². The van der Waals surface area contributed by atoms with Crippen LogP contribution in [0.4, 0.5) is 0 Å². The van der Waals surface area contributed by atoms with Gasteiger partial charge in [0.1, 0.15) is 0 Å². The van der Waals surface area contributed by atoms with E-state index in [4.69, 9.17) is 0 Å². The van der Waals surface area contributed by atoms with Crippen LogP contribution in [0.3, 0.4) is 0 Å². The molecule has 0 N–H and O–H groups in total. The van der Waals surface area contributed by atoms with Gasteiger partial charge in [-0.15, -0.1) is 0 Å². The van der Waals surface area contributed by atoms with Gasteiger partial charge in [0.05, 0.1) is 0 Å². The molecule has 0 aliphatic heterocycles. The van der Waals surface area contributed by atoms with Crippen molar-refractivity contribution >= 4 is 15.9 Å². The first-order chi connectivity index (χ1) is 6.83. The summed E-state index contributed by atoms with van der Waals surface area (Å²) in [4.78, 5) is 11.6. The summed E-state index contributed by atoms with van der Waals surface area (Å²) in [6, 6.07) is 3.70. The molecule has 0 saturated carbocycles. The number of pyridine rings is 1. The predicted octanol–water partition coefficient (Wildman–Crippen LogP) is 2.12. The lowest BCUT2D eigenvalue weighted by Crippen LogP contribution is -2.22. The maximum absolute atomic E-state index is 11.6. The lowest BCUT2D eigenvalue weighted by molar-refractivity contribution is 0.628. The third-order valence-corrected chi connectivity index (χ3v) is 3.33. The zero-order valence-corrected chi connectivity index (χ0v) is 9.72. The zero-order chi connectivity index (χ0) is 9.97. The molecule has 0 unspecified atom stereocenters. The summed E-state index contributed by atoms with van der Waals surface area (Å²) in [5.74, 6) is 0. The first-order valence-corrected chi connectivity index (χ1v) is 6.22. The van der Waals surface area contributed by atoms with Crippen LogP contribution in [0.25, 0.3) is 0 Å². The molecule has 0 fully saturated rings. The number of hydrogen-bond donors (Lipinski definition) is 0. The number of alkyl halides is 1. The van der Waals surface area contributed by atoms with Crippen LogP contribution in [-0.2, 0) is 19.4 Å². The Hall–Kier alpha value is -0.570. The Morgan fingerprint density at radius 1 is 1.36 bits per heavy atom. The van der Waals surface area contributed by atoms with E-state index in [1.165, 1.54) is 17.7 Å². The second kappa shape index (κ2) is 4.30. The number of hydrogen-bond acceptors (Lipinski definition) is 1. The first kappa shape index (κ1) is 9.97. The van der Waals surface area contributed by atoms with Crippen LogP contribution in [0.2, 0.25) is 0 Å². The van der Waals surface area contributed by atoms with Crippen LogP contribution in [0.5, 0.6) is 0 Å². The second-order valence-corrected chi connectivity index (χ2v) is 4.48. The SMILES string of the molecule is O=c1ccc2c(n1CCCBr)CCC2. The van der Waals surface area contributed by atoms with Crippen LogP contribution >= 0.6 is 15.9 Å². The molecule has 0 radical (unpaired) electrons. The standard InChI is InChI=1S/C11H14BrNO/c12-7-2-8-13-10-4-1-3-9(10)5-6-11(13)14/h5-6H,1-4,7-8H2. The molecule has 14 heavy (non-hydrogen) atoms. The molecule has 2 nitrogen and oxygen atoms in total. The number of nitrogens with zero attached hydrogens (tertiary/aromatic N) is 1. The molecule has 1 aliphatic carbocycles. The fourth-order valence-corrected chi connectivity index (χ4v) is 2.35. The Balaban J connectivity index is 2.36. The van der Waals surface area contributed by atoms with E-state index >= 15 is 0 Å². The zero-order valence-electron chi connectivity index (χ0n) is 8.13. The summed E-state index contributed by atoms with van der Waals surface area (Å²) in [6.07, 6.45) is 4.45. The van der Waals surface area contributed by atoms with Gasteiger partial charge in [-0.1, -0.05) is 22.0 Å². The first-order valence-electron chi connectivity index (χ1n) is 5.10. The highest BCUT2D eigenvalue weighted by molar-refractivity contribution is 9.09. The van der Waals surface area contributed by atoms with E-state index < -0.39 is 0 Å². The Bertz CT molecular complexity index is 383. The van der Waals surface area contributed by atoms with Crippen molar-refractivity contribution in [1.29, 1.82) is 0 Å². The van der Waals surface area contributed by atoms with E-state index in [0.29, 0.717) is 0 Å². The quantitative estimate of drug-likeness (QED) is 0.759. The van der Waals surface area contributed by atoms with Crippen molar-refractivity contribution in [2.24, 2.45) is 0 Å². The number of halogens is 1. The number of rotatable bonds is 3. The van der Waals surface area contributed by atoms with Gasteiger partial charge in [0, 0.05) is 23.6 Å². The highest BCUT2D eigenvalue weighted by atomic mass is 79.9. The summed E-state index contributed by atoms with van der Waals surface area (Å²) >= 11 is 3.40. The second-order valence-electron chi connectivity index (χ2n) is 3.69. The third kappa shape index (κ3) is 1.78. The minimum Gasteiger partial charge on any atom is -0.312 e. The molecule has 0 atom stereocenters. The van der Waals surface area contributed by atoms with Crippen molar-refractivity contribution in [3.8, 4) is 0 Å². The Morgan fingerprint density at radius 2 is 2.21 bits per heavy atom. The summed E-state index contributed by atoms with van der Waals surface area (Å²) in [6.45, 7) is 0.854. The van der Waals surface area contributed by atoms with E-state index in [0.717, 1.165) is 31.1 Å². The van der Waals surface area contributed by atoms with Gasteiger partial charge < -0.3 is 4.57 Å². The minimum absolute atomic E-state index is 0.159. The third-order valence-electron chi connectivity index (χ3n) is 2.76. The molecule has 0 saturated heterocycles. The molecular formula is C11H14BrNO. The van der Waals surface area contributed by atoms with Crippen LogP contribution in [-0.4, -0.2) is 9.90 Å². The maximum atomic E-state index is 11.6. The van der Waals surface area contributed by atoms with Gasteiger partial charge in [-0.2, -0.15) is 0 Å². The summed E-state index contributed by atoms with van der Waals surface area (Å²) in [7, 11) is 0. The maximum Gasteiger partial charge on any atom is 0.250 e. The molecule has 1 aromatic heterocycles. The molecule has 3 heteroatoms. The topological polar surface area (TPSA) is 22.0 Å². The van der Waals surface area contributed by atoms with Gasteiger partial charge in [-0.3, -0.25) is 4.79 Å². The van der Waals surface area contributed by atoms with Crippen molar-refractivity contribution in [3.63, 3.8) is 0 Å². The highest BCUT2D eigenvalue weighted by Crippen LogP contribution is 2.19. The van der Waals surface area contributed by atoms with E-state index in [1.807, 2.05) is 10.6 Å². The average molecular weight is 256 g/mol. The van der Waals surface area contributed by atoms with E-state index in [-0.39, 0.29) is 5.56 Å². The van der Waals surface area contributed by atoms with Gasteiger partial charge in [0.15, 0.2) is 0 Å². The average Bonchev–Trinajstić information content (AvgIpc) is 2.64. The lowest BCUT2D eigenvalue weighted by Gasteiger charge is -2.10. The van der Waals surface area contributed by atoms with Crippen molar-refractivity contribution in [2.75, 3.05) is 5.33 Å². The van der Waals surface area contributed by atoms with E-state index in [9.17, 15) is 4.79 Å². The molecule has 1 heterocycles. The van der Waals surface area contributed by atoms with Crippen molar-refractivity contribution in [1.82, 2.24) is 4.57 Å². The molecule has 1 aliphatic rings. The Morgan fingerprint density at radius 3 is 3.00 bits per heavy atom. The lowest BCUT2D eigenvalue weighted by atomic mass is 10.2. The summed E-state index contributed by atoms with van der Waals surface area (Å²) < 4.78 is 1.95. The number of aromatic nitrogens is 1. The number of aryl methyl sites for hydroxylation is 1. The van der Waals surface area contributed by atoms with Crippen LogP contribution in [0, 0.1) is 0 Å². The van der Waals surface area contributed by atoms with E-state index in [2.05, 4.69) is 15.9 Å². The Labute approximate surface area is 92.1 Å². The van der Waals surface area contributed by atoms with Gasteiger partial charge >= 0.3 is 0 Å². The molecule has 0 bridgehead atoms. The molecule has 0 spiro atoms. The van der Waals surface area contributed by atoms with Gasteiger partial charge in [-0.05, 0) is 31.2 Å². The van der Waals surface area contributed by atoms with Crippen molar-refractivity contribution in [2.45, 2.75) is 32.2 Å². The van der Waals surface area contributed by atoms with Gasteiger partial charge in [-0.25, -0.2) is 0 Å². The molecule has 0 aromatic carbocycles. The fraction of sp³-hybridized carbons (Fsp3) is 0.545. The van der Waals surface area contributed by atoms with Crippen LogP contribution in [0.1, 0.15) is 24.1 Å². The highest BCUT2D eigenvalue weighted by Gasteiger charge is 2.14. The van der Waals surface area contributed by atoms with Gasteiger partial charge in [0.25, 0.3) is 5.56 Å². The molecule has 76 valence electrons. The number of fused-ring (bicyclic) bond motifs is 1. The van der Waals surface area contributed by atoms with Crippen LogP contribution in [0.15, 0.2) is 16.9 Å². The molecular weight excluding hydrogens is 242 g/mol. The largest absolute Gasteiger partial charge is 0.312 e. The van der Waals surface area contributed by atoms with E-state index in [1.54, 1.807) is 6.07 Å². The molecule has 0 amide bonds. The summed E-state index contributed by atoms with van der Waals surface area (Å²) in [5, 5.41) is 0.961. The smallest absolute Gasteiger partial charge is 0.250 e. The minimum atomic E-state index is 0.159. The monoisotopic (exact) mass is 255 g/mol. The fourth-order valence-electron chi connectivity index (χ4n) is 2.10. The Kier molecular flexibility index (Phi) is 3.06. The molecule has 2 rings (SSSR count). The normalized spacial score (nSPS) is 14.4. The van der Waals surface area contributed by atoms with Crippen molar-refractivity contribution in [3.05, 3.63) is 33.7 Å². The van der Waals surface area contributed by atoms with Crippen LogP contribution < -0.4 is 5.56 Å². The molecule has 1 aromatic rings. The van der Waals surface area contributed by atoms with Gasteiger partial charge in [0.2, 0.25) is 0 Å². The predicted molar refractivity (Wildman–Crippen MR) is 61.1 cm³/mol.